The lowest BCUT2D eigenvalue weighted by Crippen LogP contribution is -2.52. The topological polar surface area (TPSA) is 66.0 Å². The minimum atomic E-state index is -0.00160. The van der Waals surface area contributed by atoms with Gasteiger partial charge in [-0.15, -0.1) is 11.3 Å². The molecule has 2 saturated heterocycles. The van der Waals surface area contributed by atoms with Crippen LogP contribution < -0.4 is 9.64 Å². The first-order valence-corrected chi connectivity index (χ1v) is 12.1. The summed E-state index contributed by atoms with van der Waals surface area (Å²) < 4.78 is 6.08. The van der Waals surface area contributed by atoms with Crippen LogP contribution in [0, 0.1) is 0 Å². The summed E-state index contributed by atoms with van der Waals surface area (Å²) in [5.74, 6) is 0.824. The number of aromatic nitrogens is 1. The van der Waals surface area contributed by atoms with E-state index in [4.69, 9.17) is 4.74 Å². The first-order chi connectivity index (χ1) is 16.2. The largest absolute Gasteiger partial charge is 0.487 e. The van der Waals surface area contributed by atoms with Crippen molar-refractivity contribution in [1.82, 2.24) is 14.8 Å². The van der Waals surface area contributed by atoms with Gasteiger partial charge in [0, 0.05) is 56.8 Å². The fourth-order valence-electron chi connectivity index (χ4n) is 4.46. The number of carbonyl (C=O) groups excluding carboxylic acids is 2. The molecular formula is C25H26N4O3S. The molecule has 2 fully saturated rings. The van der Waals surface area contributed by atoms with Gasteiger partial charge in [-0.25, -0.2) is 4.98 Å². The first-order valence-electron chi connectivity index (χ1n) is 11.2. The molecule has 2 aromatic carbocycles. The molecule has 2 aliphatic rings. The van der Waals surface area contributed by atoms with Crippen LogP contribution in [0.5, 0.6) is 5.75 Å². The molecule has 8 heteroatoms. The van der Waals surface area contributed by atoms with Gasteiger partial charge < -0.3 is 14.5 Å². The van der Waals surface area contributed by atoms with Gasteiger partial charge in [0.1, 0.15) is 12.4 Å². The smallest absolute Gasteiger partial charge is 0.282 e. The molecule has 1 unspecified atom stereocenters. The number of benzene rings is 2. The third kappa shape index (κ3) is 4.77. The summed E-state index contributed by atoms with van der Waals surface area (Å²) in [6.45, 7) is 3.91. The molecule has 0 saturated carbocycles. The highest BCUT2D eigenvalue weighted by Gasteiger charge is 2.37. The highest BCUT2D eigenvalue weighted by molar-refractivity contribution is 7.11. The number of piperazine rings is 1. The minimum Gasteiger partial charge on any atom is -0.487 e. The normalized spacial score (nSPS) is 19.2. The van der Waals surface area contributed by atoms with Crippen molar-refractivity contribution >= 4 is 28.8 Å². The third-order valence-electron chi connectivity index (χ3n) is 6.23. The van der Waals surface area contributed by atoms with Gasteiger partial charge in [0.05, 0.1) is 5.69 Å². The number of thiazole rings is 1. The van der Waals surface area contributed by atoms with Crippen LogP contribution >= 0.6 is 11.3 Å². The second-order valence-electron chi connectivity index (χ2n) is 8.27. The summed E-state index contributed by atoms with van der Waals surface area (Å²) in [6.07, 6.45) is 2.14. The van der Waals surface area contributed by atoms with Crippen LogP contribution in [0.2, 0.25) is 0 Å². The lowest BCUT2D eigenvalue weighted by atomic mass is 10.2. The van der Waals surface area contributed by atoms with Crippen LogP contribution in [-0.2, 0) is 11.4 Å². The summed E-state index contributed by atoms with van der Waals surface area (Å²) >= 11 is 1.37. The Morgan fingerprint density at radius 1 is 1.03 bits per heavy atom. The summed E-state index contributed by atoms with van der Waals surface area (Å²) in [5.41, 5.74) is 1.90. The molecule has 2 aliphatic heterocycles. The Bertz CT molecular complexity index is 1100. The zero-order chi connectivity index (χ0) is 22.6. The van der Waals surface area contributed by atoms with Crippen LogP contribution in [0.3, 0.4) is 0 Å². The van der Waals surface area contributed by atoms with Gasteiger partial charge in [0.25, 0.3) is 5.91 Å². The van der Waals surface area contributed by atoms with Crippen LogP contribution in [-0.4, -0.2) is 65.4 Å². The predicted molar refractivity (Wildman–Crippen MR) is 128 cm³/mol. The number of hydrogen-bond donors (Lipinski definition) is 0. The van der Waals surface area contributed by atoms with Crippen molar-refractivity contribution in [2.75, 3.05) is 37.6 Å². The van der Waals surface area contributed by atoms with Gasteiger partial charge in [0.15, 0.2) is 5.01 Å². The number of ether oxygens (including phenoxy) is 1. The second kappa shape index (κ2) is 9.72. The van der Waals surface area contributed by atoms with Crippen molar-refractivity contribution in [3.63, 3.8) is 0 Å². The zero-order valence-electron chi connectivity index (χ0n) is 18.3. The molecule has 0 bridgehead atoms. The molecule has 7 nitrogen and oxygen atoms in total. The Morgan fingerprint density at radius 3 is 2.55 bits per heavy atom. The second-order valence-corrected chi connectivity index (χ2v) is 9.16. The first kappa shape index (κ1) is 21.6. The monoisotopic (exact) mass is 462 g/mol. The maximum Gasteiger partial charge on any atom is 0.282 e. The fraction of sp³-hybridized carbons (Fsp3) is 0.320. The Balaban J connectivity index is 1.21. The summed E-state index contributed by atoms with van der Waals surface area (Å²) in [5, 5.41) is 2.36. The van der Waals surface area contributed by atoms with E-state index in [2.05, 4.69) is 9.88 Å². The molecule has 0 aliphatic carbocycles. The molecule has 170 valence electrons. The minimum absolute atomic E-state index is 0.00160. The van der Waals surface area contributed by atoms with Gasteiger partial charge >= 0.3 is 0 Å². The van der Waals surface area contributed by atoms with E-state index in [9.17, 15) is 9.59 Å². The maximum absolute atomic E-state index is 13.0. The van der Waals surface area contributed by atoms with Gasteiger partial charge in [-0.1, -0.05) is 42.5 Å². The lowest BCUT2D eigenvalue weighted by molar-refractivity contribution is -0.117. The van der Waals surface area contributed by atoms with E-state index in [0.29, 0.717) is 43.4 Å². The molecule has 1 atom stereocenters. The molecule has 3 heterocycles. The Hall–Kier alpha value is -3.23. The molecule has 33 heavy (non-hydrogen) atoms. The van der Waals surface area contributed by atoms with Crippen molar-refractivity contribution < 1.29 is 14.3 Å². The molecule has 5 rings (SSSR count). The van der Waals surface area contributed by atoms with Gasteiger partial charge in [-0.05, 0) is 17.7 Å². The summed E-state index contributed by atoms with van der Waals surface area (Å²) in [6, 6.07) is 17.9. The molecule has 1 aromatic heterocycles. The molecule has 0 radical (unpaired) electrons. The average Bonchev–Trinajstić information content (AvgIpc) is 3.54. The van der Waals surface area contributed by atoms with E-state index in [-0.39, 0.29) is 17.9 Å². The number of hydrogen-bond acceptors (Lipinski definition) is 6. The standard InChI is InChI=1S/C25H26N4O3S/c30-23-16-20(27-11-13-28(14-12-27)25(31)24-26-10-15-33-24)17-29(23)21-8-4-5-9-22(21)32-18-19-6-2-1-3-7-19/h1-10,15,20H,11-14,16-18H2. The number of amides is 2. The number of nitrogens with zero attached hydrogens (tertiary/aromatic N) is 4. The van der Waals surface area contributed by atoms with Crippen LogP contribution in [0.1, 0.15) is 21.8 Å². The molecule has 0 spiro atoms. The van der Waals surface area contributed by atoms with Crippen molar-refractivity contribution in [3.8, 4) is 5.75 Å². The predicted octanol–water partition coefficient (Wildman–Crippen LogP) is 3.29. The molecule has 2 amide bonds. The maximum atomic E-state index is 13.0. The number of anilines is 1. The quantitative estimate of drug-likeness (QED) is 0.563. The average molecular weight is 463 g/mol. The van der Waals surface area contributed by atoms with E-state index < -0.39 is 0 Å². The molecule has 0 N–H and O–H groups in total. The molecule has 3 aromatic rings. The van der Waals surface area contributed by atoms with E-state index in [1.165, 1.54) is 11.3 Å². The SMILES string of the molecule is O=C(c1nccs1)N1CCN(C2CC(=O)N(c3ccccc3OCc3ccccc3)C2)CC1. The van der Waals surface area contributed by atoms with Crippen molar-refractivity contribution in [2.24, 2.45) is 0 Å². The van der Waals surface area contributed by atoms with Crippen molar-refractivity contribution in [1.29, 1.82) is 0 Å². The van der Waals surface area contributed by atoms with Crippen LogP contribution in [0.25, 0.3) is 0 Å². The highest BCUT2D eigenvalue weighted by atomic mass is 32.1. The van der Waals surface area contributed by atoms with E-state index in [1.807, 2.05) is 69.8 Å². The van der Waals surface area contributed by atoms with E-state index in [1.54, 1.807) is 6.20 Å². The van der Waals surface area contributed by atoms with Crippen LogP contribution in [0.15, 0.2) is 66.2 Å². The third-order valence-corrected chi connectivity index (χ3v) is 6.99. The summed E-state index contributed by atoms with van der Waals surface area (Å²) in [4.78, 5) is 35.7. The Labute approximate surface area is 197 Å². The van der Waals surface area contributed by atoms with Crippen molar-refractivity contribution in [3.05, 3.63) is 76.7 Å². The highest BCUT2D eigenvalue weighted by Crippen LogP contribution is 2.33. The van der Waals surface area contributed by atoms with E-state index >= 15 is 0 Å². The molecular weight excluding hydrogens is 436 g/mol. The number of rotatable bonds is 6. The number of para-hydroxylation sites is 2. The zero-order valence-corrected chi connectivity index (χ0v) is 19.1. The van der Waals surface area contributed by atoms with Crippen molar-refractivity contribution in [2.45, 2.75) is 19.1 Å². The van der Waals surface area contributed by atoms with E-state index in [0.717, 1.165) is 24.3 Å². The summed E-state index contributed by atoms with van der Waals surface area (Å²) in [7, 11) is 0. The van der Waals surface area contributed by atoms with Crippen LogP contribution in [0.4, 0.5) is 5.69 Å². The number of carbonyl (C=O) groups is 2. The Morgan fingerprint density at radius 2 is 1.79 bits per heavy atom. The Kier molecular flexibility index (Phi) is 6.37. The van der Waals surface area contributed by atoms with Gasteiger partial charge in [-0.3, -0.25) is 14.5 Å². The van der Waals surface area contributed by atoms with Gasteiger partial charge in [-0.2, -0.15) is 0 Å². The van der Waals surface area contributed by atoms with Gasteiger partial charge in [0.2, 0.25) is 5.91 Å². The fourth-order valence-corrected chi connectivity index (χ4v) is 5.06. The lowest BCUT2D eigenvalue weighted by Gasteiger charge is -2.37.